The fraction of sp³-hybridized carbons (Fsp3) is 0.308. The van der Waals surface area contributed by atoms with Gasteiger partial charge in [0.1, 0.15) is 39.4 Å². The van der Waals surface area contributed by atoms with E-state index in [4.69, 9.17) is 60.9 Å². The monoisotopic (exact) mass is 1030 g/mol. The van der Waals surface area contributed by atoms with Crippen LogP contribution >= 0.6 is 46.4 Å². The third kappa shape index (κ3) is 17.0. The van der Waals surface area contributed by atoms with Gasteiger partial charge < -0.3 is 14.8 Å². The summed E-state index contributed by atoms with van der Waals surface area (Å²) in [5.74, 6) is -0.277. The molecule has 0 unspecified atom stereocenters. The van der Waals surface area contributed by atoms with Gasteiger partial charge in [-0.25, -0.2) is 4.98 Å². The topological polar surface area (TPSA) is 282 Å². The summed E-state index contributed by atoms with van der Waals surface area (Å²) in [7, 11) is -13.3. The van der Waals surface area contributed by atoms with Crippen LogP contribution in [0.3, 0.4) is 0 Å². The Hall–Kier alpha value is -4.62. The van der Waals surface area contributed by atoms with Gasteiger partial charge in [0.15, 0.2) is 0 Å². The molecule has 5 aromatic rings. The molecule has 0 aliphatic rings. The summed E-state index contributed by atoms with van der Waals surface area (Å²) in [5.41, 5.74) is 1.87. The summed E-state index contributed by atoms with van der Waals surface area (Å²) in [5, 5.41) is 20.1. The average Bonchev–Trinajstić information content (AvgIpc) is 3.21. The number of halogens is 4. The van der Waals surface area contributed by atoms with E-state index < -0.39 is 46.8 Å². The third-order valence-corrected chi connectivity index (χ3v) is 12.4. The highest BCUT2D eigenvalue weighted by Gasteiger charge is 2.19. The number of anilines is 1. The van der Waals surface area contributed by atoms with Gasteiger partial charge in [-0.05, 0) is 73.9 Å². The Kier molecular flexibility index (Phi) is 18.3. The van der Waals surface area contributed by atoms with E-state index in [9.17, 15) is 38.9 Å². The fourth-order valence-corrected chi connectivity index (χ4v) is 8.08. The van der Waals surface area contributed by atoms with Crippen molar-refractivity contribution in [3.05, 3.63) is 110 Å². The third-order valence-electron chi connectivity index (χ3n) is 8.70. The maximum atomic E-state index is 11.8. The number of rotatable bonds is 23. The molecule has 1 aromatic heterocycles. The Morgan fingerprint density at radius 2 is 1.12 bits per heavy atom. The number of unbranched alkanes of at least 4 members (excludes halogenated alkanes) is 2. The van der Waals surface area contributed by atoms with Crippen molar-refractivity contribution in [2.75, 3.05) is 36.6 Å². The lowest BCUT2D eigenvalue weighted by Crippen LogP contribution is -2.18. The van der Waals surface area contributed by atoms with E-state index in [1.54, 1.807) is 36.4 Å². The lowest BCUT2D eigenvalue weighted by molar-refractivity contribution is 0.306. The van der Waals surface area contributed by atoms with Gasteiger partial charge in [-0.1, -0.05) is 59.7 Å². The molecule has 0 amide bonds. The van der Waals surface area contributed by atoms with E-state index >= 15 is 0 Å². The molecular weight excluding hydrogens is 994 g/mol. The molecule has 0 spiro atoms. The number of hydrogen-bond donors (Lipinski definition) is 4. The molecule has 0 aliphatic carbocycles. The minimum Gasteiger partial charge on any atom is -0.493 e. The number of benzene rings is 4. The van der Waals surface area contributed by atoms with Crippen LogP contribution in [0, 0.1) is 0 Å². The number of hydrogen-bond acceptors (Lipinski definition) is 16. The van der Waals surface area contributed by atoms with Crippen LogP contribution in [0.25, 0.3) is 0 Å². The largest absolute Gasteiger partial charge is 0.493 e. The number of azo groups is 2. The molecule has 0 saturated heterocycles. The Morgan fingerprint density at radius 1 is 0.600 bits per heavy atom. The first-order chi connectivity index (χ1) is 30.7. The summed E-state index contributed by atoms with van der Waals surface area (Å²) < 4.78 is 110. The zero-order chi connectivity index (χ0) is 47.4. The van der Waals surface area contributed by atoms with Crippen LogP contribution in [0.15, 0.2) is 92.1 Å². The molecule has 0 bridgehead atoms. The van der Waals surface area contributed by atoms with Crippen LogP contribution in [-0.4, -0.2) is 85.1 Å². The molecule has 65 heavy (non-hydrogen) atoms. The fourth-order valence-electron chi connectivity index (χ4n) is 5.58. The number of nitrogens with zero attached hydrogens (tertiary/aromatic N) is 7. The van der Waals surface area contributed by atoms with Crippen LogP contribution in [0.4, 0.5) is 28.7 Å². The van der Waals surface area contributed by atoms with E-state index in [2.05, 4.69) is 35.7 Å². The summed E-state index contributed by atoms with van der Waals surface area (Å²) in [6.07, 6.45) is 1.80. The first-order valence-electron chi connectivity index (χ1n) is 19.3. The van der Waals surface area contributed by atoms with E-state index in [1.807, 2.05) is 6.92 Å². The minimum absolute atomic E-state index is 0.00114. The normalized spacial score (nSPS) is 12.3. The van der Waals surface area contributed by atoms with Crippen molar-refractivity contribution >= 4 is 105 Å². The summed E-state index contributed by atoms with van der Waals surface area (Å²) >= 11 is 25.3. The van der Waals surface area contributed by atoms with Gasteiger partial charge in [-0.2, -0.15) is 45.4 Å². The zero-order valence-electron chi connectivity index (χ0n) is 34.1. The predicted molar refractivity (Wildman–Crippen MR) is 246 cm³/mol. The highest BCUT2D eigenvalue weighted by atomic mass is 35.5. The van der Waals surface area contributed by atoms with E-state index in [0.29, 0.717) is 39.9 Å². The van der Waals surface area contributed by atoms with E-state index in [0.717, 1.165) is 18.9 Å². The smallest absolute Gasteiger partial charge is 0.296 e. The van der Waals surface area contributed by atoms with Crippen molar-refractivity contribution in [1.82, 2.24) is 15.0 Å². The molecule has 1 heterocycles. The van der Waals surface area contributed by atoms with Crippen LogP contribution < -0.4 is 14.8 Å². The highest BCUT2D eigenvalue weighted by molar-refractivity contribution is 7.86. The molecule has 19 nitrogen and oxygen atoms in total. The number of aromatic nitrogens is 3. The van der Waals surface area contributed by atoms with Crippen molar-refractivity contribution in [3.63, 3.8) is 0 Å². The van der Waals surface area contributed by atoms with Gasteiger partial charge in [0.25, 0.3) is 30.4 Å². The molecule has 348 valence electrons. The lowest BCUT2D eigenvalue weighted by Gasteiger charge is -2.15. The molecule has 0 saturated carbocycles. The minimum atomic E-state index is -4.69. The molecule has 5 rings (SSSR count). The Balaban J connectivity index is 1.52. The molecule has 0 atom stereocenters. The van der Waals surface area contributed by atoms with Crippen LogP contribution in [0.1, 0.15) is 55.4 Å². The Bertz CT molecular complexity index is 2900. The second kappa shape index (κ2) is 23.2. The summed E-state index contributed by atoms with van der Waals surface area (Å²) in [4.78, 5) is 13.1. The summed E-state index contributed by atoms with van der Waals surface area (Å²) in [6.45, 7) is 2.08. The Morgan fingerprint density at radius 3 is 1.65 bits per heavy atom. The van der Waals surface area contributed by atoms with Gasteiger partial charge in [0, 0.05) is 47.7 Å². The van der Waals surface area contributed by atoms with Gasteiger partial charge in [-0.3, -0.25) is 13.7 Å². The van der Waals surface area contributed by atoms with Gasteiger partial charge in [0.2, 0.25) is 5.95 Å². The maximum absolute atomic E-state index is 11.8. The maximum Gasteiger partial charge on any atom is 0.296 e. The standard InChI is InChI=1S/C39H40Cl4N8O11S3/c1-2-3-13-61-34-22-32(50-48-27-8-6-26(40)7-9-27)30(42)17-24(34)19-37-45-38(47-39(46-37)44-12-16-64(55,56)57)20-25-18-31(43)33(23-35(25)62-14-4-5-15-63(52,53)54)51-49-28-10-11-29(41)36(21-28)65(58,59)60/h6-11,17-18,21-23H,2-5,12-16,19-20H2,1H3,(H,52,53,54)(H,55,56,57)(H,58,59,60)(H,44,45,46,47). The van der Waals surface area contributed by atoms with Crippen molar-refractivity contribution < 1.29 is 48.4 Å². The van der Waals surface area contributed by atoms with Crippen LogP contribution in [0.2, 0.25) is 20.1 Å². The molecule has 0 fully saturated rings. The van der Waals surface area contributed by atoms with Crippen LogP contribution in [0.5, 0.6) is 11.5 Å². The first-order valence-corrected chi connectivity index (χ1v) is 25.5. The van der Waals surface area contributed by atoms with Crippen molar-refractivity contribution in [3.8, 4) is 11.5 Å². The number of nitrogens with one attached hydrogen (secondary N) is 1. The van der Waals surface area contributed by atoms with Gasteiger partial charge in [-0.15, -0.1) is 10.2 Å². The van der Waals surface area contributed by atoms with Gasteiger partial charge >= 0.3 is 0 Å². The molecule has 26 heteroatoms. The quantitative estimate of drug-likeness (QED) is 0.0269. The lowest BCUT2D eigenvalue weighted by atomic mass is 10.1. The highest BCUT2D eigenvalue weighted by Crippen LogP contribution is 2.38. The number of ether oxygens (including phenoxy) is 2. The Labute approximate surface area is 394 Å². The second-order valence-electron chi connectivity index (χ2n) is 13.9. The molecule has 4 aromatic carbocycles. The molecule has 0 radical (unpaired) electrons. The molecule has 4 N–H and O–H groups in total. The average molecular weight is 1030 g/mol. The SMILES string of the molecule is CCCCOc1cc(N=Nc2ccc(Cl)cc2)c(Cl)cc1Cc1nc(Cc2cc(Cl)c(N=Nc3ccc(Cl)c(S(=O)(=O)O)c3)cc2OCCCCS(=O)(=O)O)nc(NCCS(=O)(=O)O)n1. The van der Waals surface area contributed by atoms with Crippen molar-refractivity contribution in [1.29, 1.82) is 0 Å². The van der Waals surface area contributed by atoms with Crippen LogP contribution in [-0.2, 0) is 43.2 Å². The van der Waals surface area contributed by atoms with Crippen molar-refractivity contribution in [2.45, 2.75) is 50.3 Å². The van der Waals surface area contributed by atoms with E-state index in [-0.39, 0.29) is 88.6 Å². The molecular formula is C39H40Cl4N8O11S3. The zero-order valence-corrected chi connectivity index (χ0v) is 39.6. The van der Waals surface area contributed by atoms with E-state index in [1.165, 1.54) is 24.3 Å². The predicted octanol–water partition coefficient (Wildman–Crippen LogP) is 10.3. The second-order valence-corrected chi connectivity index (χ2v) is 20.1. The molecule has 0 aliphatic heterocycles. The first kappa shape index (κ1) is 51.4. The summed E-state index contributed by atoms with van der Waals surface area (Å²) in [6, 6.07) is 16.5. The van der Waals surface area contributed by atoms with Crippen molar-refractivity contribution in [2.24, 2.45) is 20.5 Å². The van der Waals surface area contributed by atoms with Gasteiger partial charge in [0.05, 0.1) is 51.2 Å².